The summed E-state index contributed by atoms with van der Waals surface area (Å²) in [6.07, 6.45) is 5.60. The lowest BCUT2D eigenvalue weighted by molar-refractivity contribution is 0.0950. The molecule has 27 heavy (non-hydrogen) atoms. The topological polar surface area (TPSA) is 111 Å². The summed E-state index contributed by atoms with van der Waals surface area (Å²) in [4.78, 5) is 19.0. The van der Waals surface area contributed by atoms with Gasteiger partial charge in [0.05, 0.1) is 5.56 Å². The molecule has 0 atom stereocenters. The lowest BCUT2D eigenvalue weighted by Gasteiger charge is -2.31. The second-order valence-corrected chi connectivity index (χ2v) is 7.24. The third kappa shape index (κ3) is 3.22. The molecule has 1 aliphatic heterocycles. The first-order chi connectivity index (χ1) is 13.0. The van der Waals surface area contributed by atoms with Crippen molar-refractivity contribution in [3.8, 4) is 0 Å². The Morgan fingerprint density at radius 1 is 1.37 bits per heavy atom. The van der Waals surface area contributed by atoms with Gasteiger partial charge in [0.2, 0.25) is 0 Å². The third-order valence-corrected chi connectivity index (χ3v) is 5.32. The zero-order chi connectivity index (χ0) is 19.1. The first kappa shape index (κ1) is 17.4. The minimum Gasteiger partial charge on any atom is -0.350 e. The minimum absolute atomic E-state index is 0. The molecule has 0 aromatic carbocycles. The fourth-order valence-electron chi connectivity index (χ4n) is 3.37. The number of rotatable bonds is 4. The highest BCUT2D eigenvalue weighted by Gasteiger charge is 2.26. The number of carbonyl (C=O) groups excluding carboxylic acids is 1. The summed E-state index contributed by atoms with van der Waals surface area (Å²) in [6, 6.07) is 2.25. The van der Waals surface area contributed by atoms with Gasteiger partial charge in [-0.15, -0.1) is 5.10 Å². The van der Waals surface area contributed by atoms with Crippen molar-refractivity contribution in [3.63, 3.8) is 0 Å². The number of nitrogens with zero attached hydrogens (tertiary/aromatic N) is 4. The molecule has 0 radical (unpaired) electrons. The summed E-state index contributed by atoms with van der Waals surface area (Å²) in [5.74, 6) is 0.709. The van der Waals surface area contributed by atoms with Gasteiger partial charge in [-0.25, -0.2) is 4.68 Å². The van der Waals surface area contributed by atoms with Crippen LogP contribution in [0.15, 0.2) is 12.3 Å². The summed E-state index contributed by atoms with van der Waals surface area (Å²) in [7, 11) is 0. The lowest BCUT2D eigenvalue weighted by atomic mass is 10.0. The summed E-state index contributed by atoms with van der Waals surface area (Å²) < 4.78 is 1.28. The van der Waals surface area contributed by atoms with Gasteiger partial charge < -0.3 is 10.2 Å². The van der Waals surface area contributed by atoms with E-state index in [0.717, 1.165) is 60.3 Å². The van der Waals surface area contributed by atoms with E-state index in [1.165, 1.54) is 4.68 Å². The van der Waals surface area contributed by atoms with Crippen molar-refractivity contribution in [2.75, 3.05) is 11.4 Å². The highest BCUT2D eigenvalue weighted by atomic mass is 16.1. The molecule has 2 aliphatic rings. The summed E-state index contributed by atoms with van der Waals surface area (Å²) in [5, 5.41) is 23.0. The number of fused-ring (bicyclic) bond motifs is 1. The first-order valence-corrected chi connectivity index (χ1v) is 9.16. The molecule has 1 amide bonds. The van der Waals surface area contributed by atoms with Crippen LogP contribution in [0.5, 0.6) is 0 Å². The van der Waals surface area contributed by atoms with E-state index in [-0.39, 0.29) is 12.8 Å². The van der Waals surface area contributed by atoms with E-state index >= 15 is 0 Å². The SMILES string of the molecule is Cc1c(N2CCc3ncc(C(=O)NC4CC4)cc3C2)nn(C=N)c(=N)c1C.[HH]. The van der Waals surface area contributed by atoms with Crippen molar-refractivity contribution in [1.82, 2.24) is 20.1 Å². The second-order valence-electron chi connectivity index (χ2n) is 7.24. The van der Waals surface area contributed by atoms with Crippen molar-refractivity contribution in [2.45, 2.75) is 45.7 Å². The van der Waals surface area contributed by atoms with Crippen molar-refractivity contribution in [2.24, 2.45) is 0 Å². The van der Waals surface area contributed by atoms with Gasteiger partial charge in [0.15, 0.2) is 11.3 Å². The third-order valence-electron chi connectivity index (χ3n) is 5.32. The van der Waals surface area contributed by atoms with E-state index < -0.39 is 0 Å². The van der Waals surface area contributed by atoms with E-state index in [1.54, 1.807) is 6.20 Å². The number of anilines is 1. The van der Waals surface area contributed by atoms with E-state index in [0.29, 0.717) is 18.2 Å². The van der Waals surface area contributed by atoms with Crippen molar-refractivity contribution >= 4 is 18.1 Å². The van der Waals surface area contributed by atoms with Crippen molar-refractivity contribution in [1.29, 1.82) is 10.8 Å². The molecule has 0 spiro atoms. The van der Waals surface area contributed by atoms with Crippen LogP contribution in [0.25, 0.3) is 0 Å². The molecule has 3 heterocycles. The van der Waals surface area contributed by atoms with Crippen molar-refractivity contribution in [3.05, 3.63) is 45.7 Å². The number of nitrogens with one attached hydrogen (secondary N) is 3. The molecule has 8 nitrogen and oxygen atoms in total. The van der Waals surface area contributed by atoms with Gasteiger partial charge in [0, 0.05) is 44.4 Å². The Morgan fingerprint density at radius 2 is 2.15 bits per heavy atom. The van der Waals surface area contributed by atoms with Gasteiger partial charge in [-0.2, -0.15) is 0 Å². The normalized spacial score (nSPS) is 16.0. The highest BCUT2D eigenvalue weighted by molar-refractivity contribution is 5.94. The van der Waals surface area contributed by atoms with Crippen LogP contribution >= 0.6 is 0 Å². The molecular weight excluding hydrogens is 342 g/mol. The average molecular weight is 367 g/mol. The smallest absolute Gasteiger partial charge is 0.253 e. The molecule has 0 unspecified atom stereocenters. The number of amides is 1. The van der Waals surface area contributed by atoms with Crippen LogP contribution in [-0.4, -0.2) is 39.6 Å². The molecule has 142 valence electrons. The molecule has 8 heteroatoms. The Kier molecular flexibility index (Phi) is 4.25. The predicted octanol–water partition coefficient (Wildman–Crippen LogP) is 1.53. The quantitative estimate of drug-likeness (QED) is 0.562. The first-order valence-electron chi connectivity index (χ1n) is 9.16. The highest BCUT2D eigenvalue weighted by Crippen LogP contribution is 2.26. The predicted molar refractivity (Wildman–Crippen MR) is 103 cm³/mol. The van der Waals surface area contributed by atoms with Crippen LogP contribution in [0.1, 0.15) is 47.0 Å². The molecule has 4 rings (SSSR count). The van der Waals surface area contributed by atoms with Crippen LogP contribution in [0.4, 0.5) is 5.82 Å². The molecule has 3 N–H and O–H groups in total. The molecule has 0 saturated heterocycles. The Labute approximate surface area is 158 Å². The van der Waals surface area contributed by atoms with Crippen LogP contribution < -0.4 is 15.7 Å². The molecular formula is C19H25N7O. The van der Waals surface area contributed by atoms with E-state index in [4.69, 9.17) is 10.8 Å². The van der Waals surface area contributed by atoms with Gasteiger partial charge in [-0.05, 0) is 43.9 Å². The number of carbonyl (C=O) groups is 1. The molecule has 0 bridgehead atoms. The van der Waals surface area contributed by atoms with Crippen molar-refractivity contribution < 1.29 is 6.22 Å². The maximum atomic E-state index is 12.3. The summed E-state index contributed by atoms with van der Waals surface area (Å²) in [6.45, 7) is 5.20. The molecule has 1 fully saturated rings. The van der Waals surface area contributed by atoms with Gasteiger partial charge in [0.25, 0.3) is 5.91 Å². The summed E-state index contributed by atoms with van der Waals surface area (Å²) in [5.41, 5.74) is 4.62. The summed E-state index contributed by atoms with van der Waals surface area (Å²) >= 11 is 0. The van der Waals surface area contributed by atoms with E-state index in [1.807, 2.05) is 19.9 Å². The Balaban J connectivity index is 0.00000225. The fraction of sp³-hybridized carbons (Fsp3) is 0.421. The zero-order valence-electron chi connectivity index (χ0n) is 15.5. The van der Waals surface area contributed by atoms with Gasteiger partial charge in [-0.1, -0.05) is 0 Å². The Morgan fingerprint density at radius 3 is 2.85 bits per heavy atom. The Hall–Kier alpha value is -3.03. The minimum atomic E-state index is -0.0599. The van der Waals surface area contributed by atoms with Gasteiger partial charge >= 0.3 is 0 Å². The Bertz CT molecular complexity index is 997. The van der Waals surface area contributed by atoms with Gasteiger partial charge in [0.1, 0.15) is 6.34 Å². The molecule has 2 aromatic heterocycles. The van der Waals surface area contributed by atoms with Gasteiger partial charge in [-0.3, -0.25) is 20.6 Å². The molecule has 2 aromatic rings. The van der Waals surface area contributed by atoms with Crippen LogP contribution in [0.2, 0.25) is 0 Å². The molecule has 1 saturated carbocycles. The monoisotopic (exact) mass is 367 g/mol. The van der Waals surface area contributed by atoms with Crippen LogP contribution in [0, 0.1) is 24.7 Å². The second kappa shape index (κ2) is 6.61. The number of hydrogen-bond acceptors (Lipinski definition) is 6. The van der Waals surface area contributed by atoms with E-state index in [2.05, 4.69) is 20.3 Å². The number of pyridine rings is 1. The fourth-order valence-corrected chi connectivity index (χ4v) is 3.37. The standard InChI is InChI=1S/C19H23N7O.H2/c1-11-12(2)18(24-26(10-20)17(11)21)25-6-5-16-14(9-25)7-13(8-22-16)19(27)23-15-3-4-15;/h7-8,10,15,20-21H,3-6,9H2,1-2H3,(H,23,27);1H. The van der Waals surface area contributed by atoms with Crippen LogP contribution in [0.3, 0.4) is 0 Å². The maximum Gasteiger partial charge on any atom is 0.253 e. The van der Waals surface area contributed by atoms with E-state index in [9.17, 15) is 4.79 Å². The zero-order valence-corrected chi connectivity index (χ0v) is 15.5. The lowest BCUT2D eigenvalue weighted by Crippen LogP contribution is -2.36. The number of hydrogen-bond donors (Lipinski definition) is 3. The molecule has 1 aliphatic carbocycles. The maximum absolute atomic E-state index is 12.3. The average Bonchev–Trinajstić information content (AvgIpc) is 3.49. The largest absolute Gasteiger partial charge is 0.350 e. The van der Waals surface area contributed by atoms with Crippen LogP contribution in [-0.2, 0) is 13.0 Å². The number of aromatic nitrogens is 3.